The predicted molar refractivity (Wildman–Crippen MR) is 75.5 cm³/mol. The Balaban J connectivity index is 2.28. The fourth-order valence-electron chi connectivity index (χ4n) is 2.41. The van der Waals surface area contributed by atoms with Crippen LogP contribution < -0.4 is 5.56 Å². The van der Waals surface area contributed by atoms with Crippen molar-refractivity contribution in [3.63, 3.8) is 0 Å². The van der Waals surface area contributed by atoms with Crippen LogP contribution in [0.2, 0.25) is 0 Å². The van der Waals surface area contributed by atoms with Crippen molar-refractivity contribution in [2.45, 2.75) is 18.9 Å². The molecule has 1 aliphatic carbocycles. The summed E-state index contributed by atoms with van der Waals surface area (Å²) in [4.78, 5) is 29.8. The Labute approximate surface area is 120 Å². The van der Waals surface area contributed by atoms with Crippen LogP contribution in [0.1, 0.15) is 29.4 Å². The van der Waals surface area contributed by atoms with Gasteiger partial charge in [0.15, 0.2) is 0 Å². The van der Waals surface area contributed by atoms with Crippen molar-refractivity contribution in [2.75, 3.05) is 14.2 Å². The second-order valence-corrected chi connectivity index (χ2v) is 5.15. The van der Waals surface area contributed by atoms with E-state index in [0.29, 0.717) is 10.8 Å². The van der Waals surface area contributed by atoms with E-state index in [4.69, 9.17) is 4.84 Å². The smallest absolute Gasteiger partial charge is 0.293 e. The minimum atomic E-state index is -0.440. The van der Waals surface area contributed by atoms with Crippen LogP contribution in [0.15, 0.2) is 29.1 Å². The molecular weight excluding hydrogens is 275 g/mol. The molecule has 1 aromatic heterocycles. The Bertz CT molecular complexity index is 780. The molecule has 5 nitrogen and oxygen atoms in total. The molecule has 1 amide bonds. The molecule has 1 fully saturated rings. The maximum atomic E-state index is 13.4. The molecule has 1 heterocycles. The molecule has 3 rings (SSSR count). The van der Waals surface area contributed by atoms with E-state index in [1.807, 2.05) is 0 Å². The standard InChI is InChI=1S/C15H15FN2O3/c1-17(21-2)15(20)13-8-9-7-10(16)3-6-12(9)14(19)18(13)11-4-5-11/h3,6-8,11H,4-5H2,1-2H3. The van der Waals surface area contributed by atoms with Crippen molar-refractivity contribution in [1.82, 2.24) is 9.63 Å². The first-order chi connectivity index (χ1) is 10.0. The zero-order chi connectivity index (χ0) is 15.1. The first-order valence-electron chi connectivity index (χ1n) is 6.70. The van der Waals surface area contributed by atoms with E-state index in [1.165, 1.54) is 36.9 Å². The fourth-order valence-corrected chi connectivity index (χ4v) is 2.41. The molecule has 0 spiro atoms. The van der Waals surface area contributed by atoms with Gasteiger partial charge < -0.3 is 4.57 Å². The largest absolute Gasteiger partial charge is 0.300 e. The minimum absolute atomic E-state index is 0.0381. The lowest BCUT2D eigenvalue weighted by Gasteiger charge is -2.18. The number of halogens is 1. The summed E-state index contributed by atoms with van der Waals surface area (Å²) in [5, 5.41) is 1.89. The Morgan fingerprint density at radius 3 is 2.71 bits per heavy atom. The number of nitrogens with zero attached hydrogens (tertiary/aromatic N) is 2. The number of pyridine rings is 1. The molecule has 6 heteroatoms. The molecule has 0 unspecified atom stereocenters. The van der Waals surface area contributed by atoms with Gasteiger partial charge in [0.1, 0.15) is 11.5 Å². The van der Waals surface area contributed by atoms with Crippen LogP contribution in [0.4, 0.5) is 4.39 Å². The average Bonchev–Trinajstić information content (AvgIpc) is 3.29. The summed E-state index contributed by atoms with van der Waals surface area (Å²) in [6.45, 7) is 0. The van der Waals surface area contributed by atoms with Gasteiger partial charge in [-0.25, -0.2) is 9.45 Å². The summed E-state index contributed by atoms with van der Waals surface area (Å²) >= 11 is 0. The van der Waals surface area contributed by atoms with Gasteiger partial charge >= 0.3 is 0 Å². The van der Waals surface area contributed by atoms with Crippen molar-refractivity contribution < 1.29 is 14.0 Å². The summed E-state index contributed by atoms with van der Waals surface area (Å²) in [6.07, 6.45) is 1.73. The second-order valence-electron chi connectivity index (χ2n) is 5.15. The quantitative estimate of drug-likeness (QED) is 0.814. The second kappa shape index (κ2) is 4.96. The van der Waals surface area contributed by atoms with Gasteiger partial charge in [0, 0.05) is 18.5 Å². The number of hydrogen-bond acceptors (Lipinski definition) is 3. The van der Waals surface area contributed by atoms with Crippen molar-refractivity contribution >= 4 is 16.7 Å². The maximum Gasteiger partial charge on any atom is 0.293 e. The molecule has 110 valence electrons. The lowest BCUT2D eigenvalue weighted by atomic mass is 10.1. The zero-order valence-electron chi connectivity index (χ0n) is 11.8. The maximum absolute atomic E-state index is 13.4. The van der Waals surface area contributed by atoms with Crippen LogP contribution >= 0.6 is 0 Å². The van der Waals surface area contributed by atoms with Gasteiger partial charge in [-0.05, 0) is 42.5 Å². The van der Waals surface area contributed by atoms with E-state index in [-0.39, 0.29) is 17.3 Å². The highest BCUT2D eigenvalue weighted by Gasteiger charge is 2.30. The molecular formula is C15H15FN2O3. The van der Waals surface area contributed by atoms with Crippen molar-refractivity contribution in [2.24, 2.45) is 0 Å². The number of carbonyl (C=O) groups is 1. The Hall–Kier alpha value is -2.21. The number of amides is 1. The zero-order valence-corrected chi connectivity index (χ0v) is 11.8. The lowest BCUT2D eigenvalue weighted by Crippen LogP contribution is -2.33. The Morgan fingerprint density at radius 1 is 1.38 bits per heavy atom. The van der Waals surface area contributed by atoms with E-state index in [2.05, 4.69) is 0 Å². The normalized spacial score (nSPS) is 14.4. The van der Waals surface area contributed by atoms with Crippen molar-refractivity contribution in [1.29, 1.82) is 0 Å². The highest BCUT2D eigenvalue weighted by Crippen LogP contribution is 2.35. The summed E-state index contributed by atoms with van der Waals surface area (Å²) in [5.74, 6) is -0.864. The molecule has 1 aromatic carbocycles. The van der Waals surface area contributed by atoms with Crippen LogP contribution in [-0.2, 0) is 4.84 Å². The van der Waals surface area contributed by atoms with E-state index in [1.54, 1.807) is 6.07 Å². The number of hydrogen-bond donors (Lipinski definition) is 0. The first-order valence-corrected chi connectivity index (χ1v) is 6.70. The third kappa shape index (κ3) is 2.31. The third-order valence-electron chi connectivity index (χ3n) is 3.71. The van der Waals surface area contributed by atoms with Crippen LogP contribution in [-0.4, -0.2) is 29.7 Å². The van der Waals surface area contributed by atoms with E-state index in [9.17, 15) is 14.0 Å². The Morgan fingerprint density at radius 2 is 2.10 bits per heavy atom. The molecule has 1 saturated carbocycles. The number of rotatable bonds is 3. The van der Waals surface area contributed by atoms with Crippen LogP contribution in [0, 0.1) is 5.82 Å². The average molecular weight is 290 g/mol. The topological polar surface area (TPSA) is 51.5 Å². The minimum Gasteiger partial charge on any atom is -0.300 e. The molecule has 0 saturated heterocycles. The molecule has 1 aliphatic rings. The van der Waals surface area contributed by atoms with Gasteiger partial charge in [0.2, 0.25) is 0 Å². The van der Waals surface area contributed by atoms with Gasteiger partial charge in [-0.3, -0.25) is 14.4 Å². The van der Waals surface area contributed by atoms with Gasteiger partial charge in [0.05, 0.1) is 7.11 Å². The van der Waals surface area contributed by atoms with Crippen molar-refractivity contribution in [3.8, 4) is 0 Å². The lowest BCUT2D eigenvalue weighted by molar-refractivity contribution is -0.0763. The van der Waals surface area contributed by atoms with Crippen LogP contribution in [0.25, 0.3) is 10.8 Å². The highest BCUT2D eigenvalue weighted by molar-refractivity contribution is 5.96. The van der Waals surface area contributed by atoms with E-state index in [0.717, 1.165) is 17.9 Å². The summed E-state index contributed by atoms with van der Waals surface area (Å²) < 4.78 is 14.9. The van der Waals surface area contributed by atoms with Crippen molar-refractivity contribution in [3.05, 3.63) is 46.1 Å². The molecule has 21 heavy (non-hydrogen) atoms. The van der Waals surface area contributed by atoms with Gasteiger partial charge in [0.25, 0.3) is 11.5 Å². The van der Waals surface area contributed by atoms with Gasteiger partial charge in [-0.2, -0.15) is 0 Å². The highest BCUT2D eigenvalue weighted by atomic mass is 19.1. The molecule has 0 atom stereocenters. The number of carbonyl (C=O) groups excluding carboxylic acids is 1. The molecule has 2 aromatic rings. The molecule has 0 bridgehead atoms. The third-order valence-corrected chi connectivity index (χ3v) is 3.71. The summed E-state index contributed by atoms with van der Waals surface area (Å²) in [5.41, 5.74) is -0.0344. The van der Waals surface area contributed by atoms with Gasteiger partial charge in [-0.1, -0.05) is 0 Å². The van der Waals surface area contributed by atoms with Crippen LogP contribution in [0.5, 0.6) is 0 Å². The number of fused-ring (bicyclic) bond motifs is 1. The first kappa shape index (κ1) is 13.8. The molecule has 0 radical (unpaired) electrons. The molecule has 0 N–H and O–H groups in total. The predicted octanol–water partition coefficient (Wildman–Crippen LogP) is 2.11. The SMILES string of the molecule is CON(C)C(=O)c1cc2cc(F)ccc2c(=O)n1C1CC1. The molecule has 0 aliphatic heterocycles. The van der Waals surface area contributed by atoms with Gasteiger partial charge in [-0.15, -0.1) is 0 Å². The van der Waals surface area contributed by atoms with Crippen LogP contribution in [0.3, 0.4) is 0 Å². The monoisotopic (exact) mass is 290 g/mol. The van der Waals surface area contributed by atoms with E-state index >= 15 is 0 Å². The Kier molecular flexibility index (Phi) is 3.25. The number of aromatic nitrogens is 1. The summed E-state index contributed by atoms with van der Waals surface area (Å²) in [6, 6.07) is 5.56. The van der Waals surface area contributed by atoms with E-state index < -0.39 is 11.7 Å². The number of hydroxylamine groups is 2. The number of benzene rings is 1. The summed E-state index contributed by atoms with van der Waals surface area (Å²) in [7, 11) is 2.85. The fraction of sp³-hybridized carbons (Fsp3) is 0.333.